The Balaban J connectivity index is 1.63. The van der Waals surface area contributed by atoms with Crippen molar-refractivity contribution in [1.29, 1.82) is 0 Å². The van der Waals surface area contributed by atoms with Gasteiger partial charge in [-0.25, -0.2) is 8.42 Å². The van der Waals surface area contributed by atoms with Gasteiger partial charge in [-0.05, 0) is 75.3 Å². The van der Waals surface area contributed by atoms with E-state index in [1.54, 1.807) is 31.4 Å². The molecular formula is C24H31N3O4S. The lowest BCUT2D eigenvalue weighted by Crippen LogP contribution is -2.46. The molecule has 0 spiro atoms. The van der Waals surface area contributed by atoms with Crippen LogP contribution in [-0.4, -0.2) is 71.0 Å². The molecule has 2 heterocycles. The minimum atomic E-state index is -3.82. The largest absolute Gasteiger partial charge is 0.496 e. The van der Waals surface area contributed by atoms with Crippen molar-refractivity contribution in [3.63, 3.8) is 0 Å². The third kappa shape index (κ3) is 3.97. The Morgan fingerprint density at radius 2 is 1.81 bits per heavy atom. The second kappa shape index (κ2) is 8.75. The summed E-state index contributed by atoms with van der Waals surface area (Å²) in [6, 6.07) is 12.4. The van der Waals surface area contributed by atoms with Crippen molar-refractivity contribution in [3.8, 4) is 5.75 Å². The summed E-state index contributed by atoms with van der Waals surface area (Å²) in [7, 11) is 1.68. The Kier molecular flexibility index (Phi) is 6.18. The Hall–Kier alpha value is -2.58. The molecule has 32 heavy (non-hydrogen) atoms. The molecular weight excluding hydrogens is 426 g/mol. The molecule has 2 aromatic carbocycles. The normalized spacial score (nSPS) is 19.6. The number of hydrogen-bond acceptors (Lipinski definition) is 5. The van der Waals surface area contributed by atoms with Gasteiger partial charge in [0.05, 0.1) is 30.2 Å². The highest BCUT2D eigenvalue weighted by Gasteiger charge is 2.41. The molecule has 0 aromatic heterocycles. The minimum absolute atomic E-state index is 0.0179. The average molecular weight is 458 g/mol. The number of para-hydroxylation sites is 1. The van der Waals surface area contributed by atoms with Crippen molar-refractivity contribution in [2.75, 3.05) is 45.1 Å². The molecule has 2 aliphatic heterocycles. The van der Waals surface area contributed by atoms with E-state index >= 15 is 0 Å². The van der Waals surface area contributed by atoms with Crippen LogP contribution in [0.25, 0.3) is 0 Å². The van der Waals surface area contributed by atoms with Crippen molar-refractivity contribution >= 4 is 21.6 Å². The van der Waals surface area contributed by atoms with Gasteiger partial charge >= 0.3 is 0 Å². The number of likely N-dealkylation sites (N-methyl/N-ethyl adjacent to an activating group) is 1. The monoisotopic (exact) mass is 457 g/mol. The van der Waals surface area contributed by atoms with E-state index in [1.165, 1.54) is 4.31 Å². The summed E-state index contributed by atoms with van der Waals surface area (Å²) in [6.07, 6.45) is 1.86. The third-order valence-electron chi connectivity index (χ3n) is 6.77. The number of sulfonamides is 1. The second-order valence-electron chi connectivity index (χ2n) is 8.76. The Labute approximate surface area is 190 Å². The number of aryl methyl sites for hydroxylation is 1. The molecule has 0 aliphatic carbocycles. The predicted octanol–water partition coefficient (Wildman–Crippen LogP) is 2.85. The summed E-state index contributed by atoms with van der Waals surface area (Å²) in [5, 5.41) is 0. The topological polar surface area (TPSA) is 70.2 Å². The van der Waals surface area contributed by atoms with E-state index in [-0.39, 0.29) is 23.4 Å². The Morgan fingerprint density at radius 3 is 2.47 bits per heavy atom. The highest BCUT2D eigenvalue weighted by atomic mass is 32.2. The maximum Gasteiger partial charge on any atom is 0.264 e. The number of anilines is 1. The molecule has 1 amide bonds. The number of rotatable bonds is 5. The highest BCUT2D eigenvalue weighted by molar-refractivity contribution is 7.92. The lowest BCUT2D eigenvalue weighted by Gasteiger charge is -2.36. The molecule has 0 saturated carbocycles. The number of benzene rings is 2. The fraction of sp³-hybridized carbons (Fsp3) is 0.458. The van der Waals surface area contributed by atoms with Crippen LogP contribution in [0.3, 0.4) is 0 Å². The lowest BCUT2D eigenvalue weighted by molar-refractivity contribution is -0.134. The first-order chi connectivity index (χ1) is 15.2. The van der Waals surface area contributed by atoms with Crippen LogP contribution in [0.1, 0.15) is 29.9 Å². The fourth-order valence-electron chi connectivity index (χ4n) is 4.76. The van der Waals surface area contributed by atoms with Crippen molar-refractivity contribution in [2.24, 2.45) is 0 Å². The van der Waals surface area contributed by atoms with Gasteiger partial charge in [0.1, 0.15) is 5.75 Å². The van der Waals surface area contributed by atoms with Gasteiger partial charge in [0.25, 0.3) is 10.0 Å². The van der Waals surface area contributed by atoms with Crippen LogP contribution in [0, 0.1) is 6.92 Å². The molecule has 172 valence electrons. The summed E-state index contributed by atoms with van der Waals surface area (Å²) in [5.41, 5.74) is 2.10. The molecule has 7 nitrogen and oxygen atoms in total. The maximum absolute atomic E-state index is 13.6. The summed E-state index contributed by atoms with van der Waals surface area (Å²) >= 11 is 0. The lowest BCUT2D eigenvalue weighted by atomic mass is 9.97. The quantitative estimate of drug-likeness (QED) is 0.691. The average Bonchev–Trinajstić information content (AvgIpc) is 3.19. The van der Waals surface area contributed by atoms with Gasteiger partial charge in [-0.2, -0.15) is 0 Å². The van der Waals surface area contributed by atoms with E-state index in [0.717, 1.165) is 37.1 Å². The van der Waals surface area contributed by atoms with Crippen LogP contribution in [0.15, 0.2) is 47.4 Å². The minimum Gasteiger partial charge on any atom is -0.496 e. The van der Waals surface area contributed by atoms with Gasteiger partial charge < -0.3 is 14.5 Å². The standard InChI is InChI=1S/C24H31N3O4S/c1-17-15-19(9-10-23(17)31-4)32(29,30)27-16-21(20-7-5-6-8-22(20)27)24(28)26(3)18-11-13-25(2)14-12-18/h5-10,15,18,21H,11-14,16H2,1-4H3. The van der Waals surface area contributed by atoms with Crippen molar-refractivity contribution in [3.05, 3.63) is 53.6 Å². The number of likely N-dealkylation sites (tertiary alicyclic amines) is 1. The molecule has 0 bridgehead atoms. The molecule has 1 fully saturated rings. The van der Waals surface area contributed by atoms with E-state index in [4.69, 9.17) is 4.74 Å². The number of methoxy groups -OCH3 is 1. The number of nitrogens with zero attached hydrogens (tertiary/aromatic N) is 3. The van der Waals surface area contributed by atoms with Gasteiger partial charge in [-0.1, -0.05) is 18.2 Å². The molecule has 4 rings (SSSR count). The first kappa shape index (κ1) is 22.6. The maximum atomic E-state index is 13.6. The summed E-state index contributed by atoms with van der Waals surface area (Å²) in [4.78, 5) is 17.8. The zero-order chi connectivity index (χ0) is 23.0. The van der Waals surface area contributed by atoms with Gasteiger partial charge in [-0.3, -0.25) is 9.10 Å². The molecule has 8 heteroatoms. The zero-order valence-electron chi connectivity index (χ0n) is 19.1. The van der Waals surface area contributed by atoms with Crippen LogP contribution in [0.4, 0.5) is 5.69 Å². The van der Waals surface area contributed by atoms with E-state index in [2.05, 4.69) is 11.9 Å². The van der Waals surface area contributed by atoms with Crippen LogP contribution in [0.5, 0.6) is 5.75 Å². The predicted molar refractivity (Wildman–Crippen MR) is 125 cm³/mol. The van der Waals surface area contributed by atoms with Crippen molar-refractivity contribution in [2.45, 2.75) is 36.6 Å². The third-order valence-corrected chi connectivity index (χ3v) is 8.54. The Morgan fingerprint density at radius 1 is 1.12 bits per heavy atom. The number of ether oxygens (including phenoxy) is 1. The smallest absolute Gasteiger partial charge is 0.264 e. The molecule has 2 aliphatic rings. The van der Waals surface area contributed by atoms with Gasteiger partial charge in [-0.15, -0.1) is 0 Å². The van der Waals surface area contributed by atoms with E-state index in [1.807, 2.05) is 37.1 Å². The van der Waals surface area contributed by atoms with Gasteiger partial charge in [0.2, 0.25) is 5.91 Å². The van der Waals surface area contributed by atoms with Crippen molar-refractivity contribution < 1.29 is 17.9 Å². The summed E-state index contributed by atoms with van der Waals surface area (Å²) in [5.74, 6) is 0.110. The van der Waals surface area contributed by atoms with Crippen LogP contribution in [0.2, 0.25) is 0 Å². The molecule has 2 aromatic rings. The molecule has 0 N–H and O–H groups in total. The van der Waals surface area contributed by atoms with Crippen LogP contribution >= 0.6 is 0 Å². The van der Waals surface area contributed by atoms with Gasteiger partial charge in [0, 0.05) is 13.1 Å². The van der Waals surface area contributed by atoms with Gasteiger partial charge in [0.15, 0.2) is 0 Å². The second-order valence-corrected chi connectivity index (χ2v) is 10.6. The summed E-state index contributed by atoms with van der Waals surface area (Å²) in [6.45, 7) is 3.85. The fourth-order valence-corrected chi connectivity index (χ4v) is 6.35. The number of amides is 1. The first-order valence-corrected chi connectivity index (χ1v) is 12.4. The van der Waals surface area contributed by atoms with Crippen LogP contribution < -0.4 is 9.04 Å². The van der Waals surface area contributed by atoms with Crippen molar-refractivity contribution in [1.82, 2.24) is 9.80 Å². The molecule has 1 saturated heterocycles. The SMILES string of the molecule is COc1ccc(S(=O)(=O)N2CC(C(=O)N(C)C3CCN(C)CC3)c3ccccc32)cc1C. The first-order valence-electron chi connectivity index (χ1n) is 11.0. The number of hydrogen-bond donors (Lipinski definition) is 0. The number of carbonyl (C=O) groups is 1. The number of piperidine rings is 1. The highest BCUT2D eigenvalue weighted by Crippen LogP contribution is 2.41. The van der Waals surface area contributed by atoms with E-state index in [9.17, 15) is 13.2 Å². The van der Waals surface area contributed by atoms with Crippen LogP contribution in [-0.2, 0) is 14.8 Å². The molecule has 1 unspecified atom stereocenters. The van der Waals surface area contributed by atoms with E-state index < -0.39 is 15.9 Å². The van der Waals surface area contributed by atoms with E-state index in [0.29, 0.717) is 11.4 Å². The number of fused-ring (bicyclic) bond motifs is 1. The Bertz CT molecular complexity index is 1110. The number of carbonyl (C=O) groups excluding carboxylic acids is 1. The molecule has 0 radical (unpaired) electrons. The zero-order valence-corrected chi connectivity index (χ0v) is 19.9. The molecule has 1 atom stereocenters. The summed E-state index contributed by atoms with van der Waals surface area (Å²) < 4.78 is 33.8.